The van der Waals surface area contributed by atoms with E-state index in [1.807, 2.05) is 0 Å². The van der Waals surface area contributed by atoms with Crippen LogP contribution in [0.2, 0.25) is 0 Å². The van der Waals surface area contributed by atoms with Gasteiger partial charge in [0.25, 0.3) is 5.92 Å². The van der Waals surface area contributed by atoms with Gasteiger partial charge in [-0.25, -0.2) is 8.78 Å². The lowest BCUT2D eigenvalue weighted by atomic mass is 9.82. The highest BCUT2D eigenvalue weighted by Crippen LogP contribution is 2.40. The normalized spacial score (nSPS) is 22.8. The minimum atomic E-state index is -2.36. The maximum Gasteiger partial charge on any atom is 0.250 e. The second kappa shape index (κ2) is 9.85. The number of unbranched alkanes of at least 4 members (excludes halogenated alkanes) is 3. The molecule has 0 nitrogen and oxygen atoms in total. The van der Waals surface area contributed by atoms with E-state index in [1.165, 1.54) is 12.8 Å². The monoisotopic (exact) mass is 248 g/mol. The number of hydrogen-bond acceptors (Lipinski definition) is 0. The summed E-state index contributed by atoms with van der Waals surface area (Å²) in [6.45, 7) is 6.47. The number of halogens is 2. The SMILES string of the molecule is CCCC.CCCCCC1CCCCC1(F)F. The molecule has 17 heavy (non-hydrogen) atoms. The van der Waals surface area contributed by atoms with Crippen LogP contribution in [0, 0.1) is 5.92 Å². The van der Waals surface area contributed by atoms with E-state index in [9.17, 15) is 8.78 Å². The van der Waals surface area contributed by atoms with Crippen LogP contribution in [-0.4, -0.2) is 5.92 Å². The molecule has 1 atom stereocenters. The molecule has 0 bridgehead atoms. The first kappa shape index (κ1) is 16.9. The molecule has 0 aromatic rings. The lowest BCUT2D eigenvalue weighted by Crippen LogP contribution is -2.31. The van der Waals surface area contributed by atoms with E-state index in [0.29, 0.717) is 0 Å². The Bertz CT molecular complexity index is 164. The van der Waals surface area contributed by atoms with Crippen molar-refractivity contribution < 1.29 is 8.78 Å². The quantitative estimate of drug-likeness (QED) is 0.508. The molecule has 0 spiro atoms. The van der Waals surface area contributed by atoms with Crippen LogP contribution in [0.3, 0.4) is 0 Å². The molecule has 0 aromatic heterocycles. The van der Waals surface area contributed by atoms with Gasteiger partial charge in [-0.05, 0) is 19.3 Å². The number of hydrogen-bond donors (Lipinski definition) is 0. The van der Waals surface area contributed by atoms with Gasteiger partial charge >= 0.3 is 0 Å². The van der Waals surface area contributed by atoms with Gasteiger partial charge in [-0.15, -0.1) is 0 Å². The lowest BCUT2D eigenvalue weighted by Gasteiger charge is -2.31. The Labute approximate surface area is 106 Å². The minimum absolute atomic E-state index is 0.129. The first-order chi connectivity index (χ1) is 8.08. The summed E-state index contributed by atoms with van der Waals surface area (Å²) in [7, 11) is 0. The van der Waals surface area contributed by atoms with Gasteiger partial charge in [0.1, 0.15) is 0 Å². The summed E-state index contributed by atoms with van der Waals surface area (Å²) in [6, 6.07) is 0. The third-order valence-electron chi connectivity index (χ3n) is 3.57. The highest BCUT2D eigenvalue weighted by Gasteiger charge is 2.40. The number of rotatable bonds is 5. The van der Waals surface area contributed by atoms with Gasteiger partial charge in [0.05, 0.1) is 0 Å². The van der Waals surface area contributed by atoms with Crippen molar-refractivity contribution in [1.29, 1.82) is 0 Å². The zero-order chi connectivity index (χ0) is 13.1. The van der Waals surface area contributed by atoms with Gasteiger partial charge in [0.15, 0.2) is 0 Å². The molecule has 0 N–H and O–H groups in total. The Hall–Kier alpha value is -0.140. The summed E-state index contributed by atoms with van der Waals surface area (Å²) >= 11 is 0. The zero-order valence-corrected chi connectivity index (χ0v) is 11.9. The fourth-order valence-electron chi connectivity index (χ4n) is 2.16. The maximum atomic E-state index is 13.3. The van der Waals surface area contributed by atoms with Crippen LogP contribution >= 0.6 is 0 Å². The van der Waals surface area contributed by atoms with Crippen LogP contribution in [0.5, 0.6) is 0 Å². The van der Waals surface area contributed by atoms with Gasteiger partial charge < -0.3 is 0 Å². The van der Waals surface area contributed by atoms with Gasteiger partial charge in [0, 0.05) is 12.3 Å². The highest BCUT2D eigenvalue weighted by molar-refractivity contribution is 4.81. The average Bonchev–Trinajstić information content (AvgIpc) is 2.32. The largest absolute Gasteiger partial charge is 0.250 e. The van der Waals surface area contributed by atoms with Gasteiger partial charge in [-0.2, -0.15) is 0 Å². The molecule has 0 aromatic carbocycles. The molecule has 1 fully saturated rings. The fourth-order valence-corrected chi connectivity index (χ4v) is 2.16. The minimum Gasteiger partial charge on any atom is -0.207 e. The summed E-state index contributed by atoms with van der Waals surface area (Å²) in [5, 5.41) is 0. The summed E-state index contributed by atoms with van der Waals surface area (Å²) in [6.07, 6.45) is 9.19. The number of alkyl halides is 2. The molecular formula is C15H30F2. The molecule has 0 radical (unpaired) electrons. The first-order valence-electron chi connectivity index (χ1n) is 7.46. The lowest BCUT2D eigenvalue weighted by molar-refractivity contribution is -0.0887. The highest BCUT2D eigenvalue weighted by atomic mass is 19.3. The molecule has 1 aliphatic carbocycles. The second-order valence-corrected chi connectivity index (χ2v) is 5.20. The zero-order valence-electron chi connectivity index (χ0n) is 11.9. The van der Waals surface area contributed by atoms with Crippen LogP contribution in [0.25, 0.3) is 0 Å². The maximum absolute atomic E-state index is 13.3. The Morgan fingerprint density at radius 1 is 0.941 bits per heavy atom. The van der Waals surface area contributed by atoms with Crippen molar-refractivity contribution in [3.63, 3.8) is 0 Å². The van der Waals surface area contributed by atoms with Crippen molar-refractivity contribution >= 4 is 0 Å². The molecular weight excluding hydrogens is 218 g/mol. The van der Waals surface area contributed by atoms with E-state index in [4.69, 9.17) is 0 Å². The molecule has 0 amide bonds. The van der Waals surface area contributed by atoms with E-state index in [2.05, 4.69) is 20.8 Å². The molecule has 0 saturated heterocycles. The van der Waals surface area contributed by atoms with Crippen molar-refractivity contribution in [2.45, 2.75) is 90.9 Å². The van der Waals surface area contributed by atoms with E-state index < -0.39 is 5.92 Å². The molecule has 1 rings (SSSR count). The average molecular weight is 248 g/mol. The molecule has 0 aliphatic heterocycles. The summed E-state index contributed by atoms with van der Waals surface area (Å²) in [5.41, 5.74) is 0. The molecule has 1 unspecified atom stereocenters. The summed E-state index contributed by atoms with van der Waals surface area (Å²) < 4.78 is 26.6. The molecule has 1 saturated carbocycles. The smallest absolute Gasteiger partial charge is 0.207 e. The van der Waals surface area contributed by atoms with Crippen molar-refractivity contribution in [3.8, 4) is 0 Å². The molecule has 2 heteroatoms. The van der Waals surface area contributed by atoms with Crippen LogP contribution in [0.15, 0.2) is 0 Å². The van der Waals surface area contributed by atoms with Gasteiger partial charge in [-0.1, -0.05) is 59.3 Å². The van der Waals surface area contributed by atoms with Gasteiger partial charge in [0.2, 0.25) is 0 Å². The summed E-state index contributed by atoms with van der Waals surface area (Å²) in [5.74, 6) is -2.67. The third kappa shape index (κ3) is 7.72. The van der Waals surface area contributed by atoms with Crippen LogP contribution in [-0.2, 0) is 0 Å². The predicted molar refractivity (Wildman–Crippen MR) is 71.6 cm³/mol. The Morgan fingerprint density at radius 3 is 2.06 bits per heavy atom. The van der Waals surface area contributed by atoms with Crippen molar-refractivity contribution in [2.24, 2.45) is 5.92 Å². The standard InChI is InChI=1S/C11H20F2.C4H10/c1-2-3-4-7-10-8-5-6-9-11(10,12)13;1-3-4-2/h10H,2-9H2,1H3;3-4H2,1-2H3. The van der Waals surface area contributed by atoms with Crippen molar-refractivity contribution in [3.05, 3.63) is 0 Å². The van der Waals surface area contributed by atoms with Crippen LogP contribution in [0.4, 0.5) is 8.78 Å². The molecule has 104 valence electrons. The fraction of sp³-hybridized carbons (Fsp3) is 1.00. The first-order valence-corrected chi connectivity index (χ1v) is 7.46. The van der Waals surface area contributed by atoms with Crippen LogP contribution < -0.4 is 0 Å². The van der Waals surface area contributed by atoms with E-state index >= 15 is 0 Å². The van der Waals surface area contributed by atoms with E-state index in [-0.39, 0.29) is 12.3 Å². The van der Waals surface area contributed by atoms with Crippen molar-refractivity contribution in [1.82, 2.24) is 0 Å². The summed E-state index contributed by atoms with van der Waals surface area (Å²) in [4.78, 5) is 0. The molecule has 0 heterocycles. The van der Waals surface area contributed by atoms with Crippen molar-refractivity contribution in [2.75, 3.05) is 0 Å². The molecule has 1 aliphatic rings. The third-order valence-corrected chi connectivity index (χ3v) is 3.57. The predicted octanol–water partition coefficient (Wildman–Crippen LogP) is 6.20. The van der Waals surface area contributed by atoms with E-state index in [0.717, 1.165) is 44.9 Å². The van der Waals surface area contributed by atoms with E-state index in [1.54, 1.807) is 0 Å². The Kier molecular flexibility index (Phi) is 9.76. The van der Waals surface area contributed by atoms with Crippen LogP contribution in [0.1, 0.15) is 85.0 Å². The Balaban J connectivity index is 0.000000557. The van der Waals surface area contributed by atoms with Gasteiger partial charge in [-0.3, -0.25) is 0 Å². The topological polar surface area (TPSA) is 0 Å². The second-order valence-electron chi connectivity index (χ2n) is 5.20. The Morgan fingerprint density at radius 2 is 1.59 bits per heavy atom.